The lowest BCUT2D eigenvalue weighted by Crippen LogP contribution is -2.46. The molecule has 1 heterocycles. The van der Waals surface area contributed by atoms with Crippen molar-refractivity contribution >= 4 is 5.78 Å². The Balaban J connectivity index is 1.96. The van der Waals surface area contributed by atoms with Gasteiger partial charge in [0.15, 0.2) is 5.78 Å². The zero-order valence-electron chi connectivity index (χ0n) is 12.6. The van der Waals surface area contributed by atoms with E-state index >= 15 is 0 Å². The maximum absolute atomic E-state index is 12.3. The average Bonchev–Trinajstić information content (AvgIpc) is 2.47. The smallest absolute Gasteiger partial charge is 0.176 e. The number of ether oxygens (including phenoxy) is 1. The summed E-state index contributed by atoms with van der Waals surface area (Å²) < 4.78 is 5.17. The van der Waals surface area contributed by atoms with Crippen LogP contribution in [0, 0.1) is 0 Å². The Hall–Kier alpha value is -1.39. The third-order valence-electron chi connectivity index (χ3n) is 3.97. The van der Waals surface area contributed by atoms with Gasteiger partial charge >= 0.3 is 0 Å². The van der Waals surface area contributed by atoms with E-state index in [0.29, 0.717) is 12.6 Å². The Morgan fingerprint density at radius 2 is 2.25 bits per heavy atom. The highest BCUT2D eigenvalue weighted by molar-refractivity contribution is 5.97. The monoisotopic (exact) mass is 276 g/mol. The number of Topliss-reactive ketones (excluding diaryl/α,β-unsaturated/α-hetero) is 1. The third-order valence-corrected chi connectivity index (χ3v) is 3.97. The number of rotatable bonds is 5. The molecule has 110 valence electrons. The molecule has 4 heteroatoms. The van der Waals surface area contributed by atoms with Gasteiger partial charge < -0.3 is 9.64 Å². The molecule has 4 nitrogen and oxygen atoms in total. The van der Waals surface area contributed by atoms with Crippen LogP contribution >= 0.6 is 0 Å². The zero-order chi connectivity index (χ0) is 14.5. The number of piperidine rings is 1. The molecule has 2 rings (SSSR count). The number of benzene rings is 1. The number of nitrogens with zero attached hydrogens (tertiary/aromatic N) is 2. The van der Waals surface area contributed by atoms with E-state index in [1.807, 2.05) is 24.3 Å². The van der Waals surface area contributed by atoms with Crippen LogP contribution in [0.15, 0.2) is 24.3 Å². The van der Waals surface area contributed by atoms with Crippen LogP contribution in [0.5, 0.6) is 5.75 Å². The van der Waals surface area contributed by atoms with Crippen LogP contribution in [0.4, 0.5) is 0 Å². The molecular formula is C16H24N2O2. The molecule has 1 aromatic carbocycles. The molecule has 1 aromatic rings. The number of likely N-dealkylation sites (N-methyl/N-ethyl adjacent to an activating group) is 1. The first kappa shape index (κ1) is 15.0. The molecule has 1 fully saturated rings. The van der Waals surface area contributed by atoms with E-state index in [-0.39, 0.29) is 5.78 Å². The minimum absolute atomic E-state index is 0.170. The van der Waals surface area contributed by atoms with E-state index in [4.69, 9.17) is 4.74 Å². The van der Waals surface area contributed by atoms with Gasteiger partial charge in [0.25, 0.3) is 0 Å². The minimum atomic E-state index is 0.170. The van der Waals surface area contributed by atoms with Crippen molar-refractivity contribution in [2.75, 3.05) is 40.8 Å². The van der Waals surface area contributed by atoms with Crippen molar-refractivity contribution in [1.82, 2.24) is 9.80 Å². The second-order valence-electron chi connectivity index (χ2n) is 5.65. The van der Waals surface area contributed by atoms with E-state index < -0.39 is 0 Å². The van der Waals surface area contributed by atoms with Gasteiger partial charge in [-0.2, -0.15) is 0 Å². The van der Waals surface area contributed by atoms with Crippen LogP contribution in [0.25, 0.3) is 0 Å². The lowest BCUT2D eigenvalue weighted by Gasteiger charge is -2.35. The Kier molecular flexibility index (Phi) is 5.15. The standard InChI is InChI=1S/C16H24N2O2/c1-17(2)14-7-5-9-18(11-14)12-16(19)13-6-4-8-15(10-13)20-3/h4,6,8,10,14H,5,7,9,11-12H2,1-3H3. The maximum atomic E-state index is 12.3. The van der Waals surface area contributed by atoms with Crippen LogP contribution < -0.4 is 4.74 Å². The van der Waals surface area contributed by atoms with Gasteiger partial charge in [0.2, 0.25) is 0 Å². The molecule has 0 radical (unpaired) electrons. The van der Waals surface area contributed by atoms with Gasteiger partial charge in [-0.1, -0.05) is 12.1 Å². The molecular weight excluding hydrogens is 252 g/mol. The average molecular weight is 276 g/mol. The summed E-state index contributed by atoms with van der Waals surface area (Å²) >= 11 is 0. The quantitative estimate of drug-likeness (QED) is 0.769. The van der Waals surface area contributed by atoms with Crippen LogP contribution in [0.2, 0.25) is 0 Å². The van der Waals surface area contributed by atoms with Gasteiger partial charge in [-0.15, -0.1) is 0 Å². The molecule has 0 N–H and O–H groups in total. The first-order valence-corrected chi connectivity index (χ1v) is 7.16. The SMILES string of the molecule is COc1cccc(C(=O)CN2CCCC(N(C)C)C2)c1. The van der Waals surface area contributed by atoms with Crippen LogP contribution in [0.1, 0.15) is 23.2 Å². The molecule has 0 bridgehead atoms. The van der Waals surface area contributed by atoms with Crippen LogP contribution in [-0.2, 0) is 0 Å². The Morgan fingerprint density at radius 1 is 1.45 bits per heavy atom. The van der Waals surface area contributed by atoms with Gasteiger partial charge in [-0.25, -0.2) is 0 Å². The van der Waals surface area contributed by atoms with Gasteiger partial charge in [0.05, 0.1) is 13.7 Å². The number of hydrogen-bond donors (Lipinski definition) is 0. The van der Waals surface area contributed by atoms with E-state index in [9.17, 15) is 4.79 Å². The molecule has 1 unspecified atom stereocenters. The van der Waals surface area contributed by atoms with Crippen molar-refractivity contribution in [2.45, 2.75) is 18.9 Å². The summed E-state index contributed by atoms with van der Waals surface area (Å²) in [5.41, 5.74) is 0.733. The molecule has 1 aliphatic rings. The summed E-state index contributed by atoms with van der Waals surface area (Å²) in [5.74, 6) is 0.906. The van der Waals surface area contributed by atoms with Gasteiger partial charge in [0.1, 0.15) is 5.75 Å². The molecule has 1 aliphatic heterocycles. The van der Waals surface area contributed by atoms with E-state index in [1.165, 1.54) is 6.42 Å². The predicted molar refractivity (Wildman–Crippen MR) is 80.5 cm³/mol. The second-order valence-corrected chi connectivity index (χ2v) is 5.65. The molecule has 0 amide bonds. The van der Waals surface area contributed by atoms with Gasteiger partial charge in [-0.05, 0) is 45.6 Å². The molecule has 0 spiro atoms. The highest BCUT2D eigenvalue weighted by Gasteiger charge is 2.23. The number of carbonyl (C=O) groups excluding carboxylic acids is 1. The highest BCUT2D eigenvalue weighted by atomic mass is 16.5. The van der Waals surface area contributed by atoms with Crippen molar-refractivity contribution in [3.63, 3.8) is 0 Å². The largest absolute Gasteiger partial charge is 0.497 e. The number of ketones is 1. The Bertz CT molecular complexity index is 460. The number of carbonyl (C=O) groups is 1. The summed E-state index contributed by atoms with van der Waals surface area (Å²) in [5, 5.41) is 0. The van der Waals surface area contributed by atoms with Crippen LogP contribution in [-0.4, -0.2) is 62.5 Å². The van der Waals surface area contributed by atoms with Crippen molar-refractivity contribution in [3.8, 4) is 5.75 Å². The van der Waals surface area contributed by atoms with Crippen molar-refractivity contribution in [3.05, 3.63) is 29.8 Å². The molecule has 1 saturated heterocycles. The molecule has 1 atom stereocenters. The van der Waals surface area contributed by atoms with Gasteiger partial charge in [0, 0.05) is 18.2 Å². The summed E-state index contributed by atoms with van der Waals surface area (Å²) in [6.45, 7) is 2.49. The molecule has 20 heavy (non-hydrogen) atoms. The first-order valence-electron chi connectivity index (χ1n) is 7.16. The second kappa shape index (κ2) is 6.86. The normalized spacial score (nSPS) is 20.1. The summed E-state index contributed by atoms with van der Waals surface area (Å²) in [6, 6.07) is 7.96. The summed E-state index contributed by atoms with van der Waals surface area (Å²) in [4.78, 5) is 16.9. The fourth-order valence-electron chi connectivity index (χ4n) is 2.69. The first-order chi connectivity index (χ1) is 9.60. The topological polar surface area (TPSA) is 32.8 Å². The van der Waals surface area contributed by atoms with Crippen molar-refractivity contribution < 1.29 is 9.53 Å². The third kappa shape index (κ3) is 3.81. The lowest BCUT2D eigenvalue weighted by atomic mass is 10.0. The van der Waals surface area contributed by atoms with Gasteiger partial charge in [-0.3, -0.25) is 9.69 Å². The number of likely N-dealkylation sites (tertiary alicyclic amines) is 1. The molecule has 0 saturated carbocycles. The number of hydrogen-bond acceptors (Lipinski definition) is 4. The van der Waals surface area contributed by atoms with E-state index in [1.54, 1.807) is 7.11 Å². The maximum Gasteiger partial charge on any atom is 0.176 e. The van der Waals surface area contributed by atoms with Crippen molar-refractivity contribution in [2.24, 2.45) is 0 Å². The summed E-state index contributed by atoms with van der Waals surface area (Å²) in [6.07, 6.45) is 2.38. The Labute approximate surface area is 121 Å². The highest BCUT2D eigenvalue weighted by Crippen LogP contribution is 2.16. The zero-order valence-corrected chi connectivity index (χ0v) is 12.6. The lowest BCUT2D eigenvalue weighted by molar-refractivity contribution is 0.0852. The van der Waals surface area contributed by atoms with E-state index in [0.717, 1.165) is 30.8 Å². The predicted octanol–water partition coefficient (Wildman–Crippen LogP) is 1.90. The van der Waals surface area contributed by atoms with E-state index in [2.05, 4.69) is 23.9 Å². The van der Waals surface area contributed by atoms with Crippen LogP contribution in [0.3, 0.4) is 0 Å². The fourth-order valence-corrected chi connectivity index (χ4v) is 2.69. The number of methoxy groups -OCH3 is 1. The van der Waals surface area contributed by atoms with Crippen molar-refractivity contribution in [1.29, 1.82) is 0 Å². The molecule has 0 aliphatic carbocycles. The minimum Gasteiger partial charge on any atom is -0.497 e. The molecule has 0 aromatic heterocycles. The fraction of sp³-hybridized carbons (Fsp3) is 0.562. The summed E-state index contributed by atoms with van der Waals surface area (Å²) in [7, 11) is 5.84. The Morgan fingerprint density at radius 3 is 2.95 bits per heavy atom.